The van der Waals surface area contributed by atoms with Crippen molar-refractivity contribution in [3.63, 3.8) is 0 Å². The summed E-state index contributed by atoms with van der Waals surface area (Å²) in [7, 11) is 6.58. The van der Waals surface area contributed by atoms with Crippen molar-refractivity contribution in [3.05, 3.63) is 0 Å². The lowest BCUT2D eigenvalue weighted by molar-refractivity contribution is 0.0150. The summed E-state index contributed by atoms with van der Waals surface area (Å²) in [6.45, 7) is 9.53. The standard InChI is InChI=1S/C17H34N4/c1-14(2)19-16(4,12-18)11-15(3)21(7)13-17(20(5)6)9-8-10-17/h14-15,19H,8-11,13H2,1-7H3. The van der Waals surface area contributed by atoms with Gasteiger partial charge >= 0.3 is 0 Å². The van der Waals surface area contributed by atoms with Crippen molar-refractivity contribution in [2.75, 3.05) is 27.7 Å². The number of hydrogen-bond acceptors (Lipinski definition) is 4. The van der Waals surface area contributed by atoms with E-state index in [0.717, 1.165) is 13.0 Å². The monoisotopic (exact) mass is 294 g/mol. The molecule has 21 heavy (non-hydrogen) atoms. The molecule has 0 heterocycles. The summed E-state index contributed by atoms with van der Waals surface area (Å²) < 4.78 is 0. The Kier molecular flexibility index (Phi) is 6.22. The lowest BCUT2D eigenvalue weighted by Crippen LogP contribution is -2.58. The molecule has 1 saturated carbocycles. The highest BCUT2D eigenvalue weighted by atomic mass is 15.2. The van der Waals surface area contributed by atoms with E-state index in [9.17, 15) is 5.26 Å². The molecule has 2 atom stereocenters. The van der Waals surface area contributed by atoms with Crippen LogP contribution in [0.5, 0.6) is 0 Å². The molecule has 4 heteroatoms. The third-order valence-corrected chi connectivity index (χ3v) is 5.09. The molecule has 0 radical (unpaired) electrons. The fourth-order valence-electron chi connectivity index (χ4n) is 3.47. The predicted octanol–water partition coefficient (Wildman–Crippen LogP) is 2.46. The highest BCUT2D eigenvalue weighted by molar-refractivity contribution is 5.06. The SMILES string of the molecule is CC(C)NC(C)(C#N)CC(C)N(C)CC1(N(C)C)CCC1. The van der Waals surface area contributed by atoms with E-state index in [1.807, 2.05) is 6.92 Å². The van der Waals surface area contributed by atoms with Crippen molar-refractivity contribution in [3.8, 4) is 6.07 Å². The molecule has 0 aromatic heterocycles. The normalized spacial score (nSPS) is 22.0. The smallest absolute Gasteiger partial charge is 0.105 e. The Morgan fingerprint density at radius 3 is 2.14 bits per heavy atom. The van der Waals surface area contributed by atoms with Gasteiger partial charge in [0.25, 0.3) is 0 Å². The summed E-state index contributed by atoms with van der Waals surface area (Å²) in [6, 6.07) is 3.17. The van der Waals surface area contributed by atoms with Crippen LogP contribution >= 0.6 is 0 Å². The molecule has 0 saturated heterocycles. The van der Waals surface area contributed by atoms with Crippen LogP contribution in [0.4, 0.5) is 0 Å². The summed E-state index contributed by atoms with van der Waals surface area (Å²) in [4.78, 5) is 4.81. The van der Waals surface area contributed by atoms with Gasteiger partial charge in [-0.05, 0) is 74.5 Å². The van der Waals surface area contributed by atoms with Gasteiger partial charge in [0.2, 0.25) is 0 Å². The average Bonchev–Trinajstić information content (AvgIpc) is 2.31. The summed E-state index contributed by atoms with van der Waals surface area (Å²) in [6.07, 6.45) is 4.76. The second-order valence-electron chi connectivity index (χ2n) is 7.68. The van der Waals surface area contributed by atoms with E-state index in [2.05, 4.69) is 63.1 Å². The molecule has 0 amide bonds. The average molecular weight is 294 g/mol. The van der Waals surface area contributed by atoms with E-state index in [-0.39, 0.29) is 0 Å². The quantitative estimate of drug-likeness (QED) is 0.747. The van der Waals surface area contributed by atoms with Gasteiger partial charge in [-0.1, -0.05) is 0 Å². The predicted molar refractivity (Wildman–Crippen MR) is 89.3 cm³/mol. The highest BCUT2D eigenvalue weighted by Crippen LogP contribution is 2.37. The Labute approximate surface area is 131 Å². The van der Waals surface area contributed by atoms with E-state index in [1.54, 1.807) is 0 Å². The zero-order valence-electron chi connectivity index (χ0n) is 15.0. The minimum Gasteiger partial charge on any atom is -0.302 e. The Balaban J connectivity index is 2.62. The van der Waals surface area contributed by atoms with Crippen molar-refractivity contribution < 1.29 is 0 Å². The zero-order chi connectivity index (χ0) is 16.3. The van der Waals surface area contributed by atoms with Crippen LogP contribution in [0, 0.1) is 11.3 Å². The summed E-state index contributed by atoms with van der Waals surface area (Å²) in [5.74, 6) is 0. The number of nitrogens with zero attached hydrogens (tertiary/aromatic N) is 3. The van der Waals surface area contributed by atoms with Crippen LogP contribution in [0.25, 0.3) is 0 Å². The van der Waals surface area contributed by atoms with Crippen molar-refractivity contribution in [2.45, 2.75) is 76.5 Å². The van der Waals surface area contributed by atoms with E-state index in [4.69, 9.17) is 0 Å². The van der Waals surface area contributed by atoms with Crippen molar-refractivity contribution in [2.24, 2.45) is 0 Å². The summed E-state index contributed by atoms with van der Waals surface area (Å²) in [5.41, 5.74) is -0.107. The van der Waals surface area contributed by atoms with Crippen LogP contribution in [0.3, 0.4) is 0 Å². The van der Waals surface area contributed by atoms with Crippen molar-refractivity contribution >= 4 is 0 Å². The van der Waals surface area contributed by atoms with E-state index in [0.29, 0.717) is 17.6 Å². The molecule has 0 aromatic carbocycles. The van der Waals surface area contributed by atoms with Gasteiger partial charge in [-0.15, -0.1) is 0 Å². The first-order chi connectivity index (χ1) is 9.64. The minimum atomic E-state index is -0.452. The molecule has 1 rings (SSSR count). The van der Waals surface area contributed by atoms with Gasteiger partial charge in [-0.25, -0.2) is 0 Å². The number of nitrogens with one attached hydrogen (secondary N) is 1. The highest BCUT2D eigenvalue weighted by Gasteiger charge is 2.41. The number of likely N-dealkylation sites (N-methyl/N-ethyl adjacent to an activating group) is 2. The second-order valence-corrected chi connectivity index (χ2v) is 7.68. The fourth-order valence-corrected chi connectivity index (χ4v) is 3.47. The van der Waals surface area contributed by atoms with E-state index in [1.165, 1.54) is 19.3 Å². The topological polar surface area (TPSA) is 42.3 Å². The van der Waals surface area contributed by atoms with Gasteiger partial charge in [0.1, 0.15) is 5.54 Å². The van der Waals surface area contributed by atoms with Gasteiger partial charge < -0.3 is 9.80 Å². The van der Waals surface area contributed by atoms with Crippen LogP contribution in [0.15, 0.2) is 0 Å². The molecular weight excluding hydrogens is 260 g/mol. The molecule has 1 aliphatic carbocycles. The fraction of sp³-hybridized carbons (Fsp3) is 0.941. The van der Waals surface area contributed by atoms with Crippen molar-refractivity contribution in [1.82, 2.24) is 15.1 Å². The van der Waals surface area contributed by atoms with Gasteiger partial charge in [0.15, 0.2) is 0 Å². The van der Waals surface area contributed by atoms with Gasteiger partial charge in [0.05, 0.1) is 6.07 Å². The molecule has 0 aromatic rings. The lowest BCUT2D eigenvalue weighted by Gasteiger charge is -2.50. The molecule has 1 aliphatic rings. The van der Waals surface area contributed by atoms with Gasteiger partial charge in [0, 0.05) is 24.2 Å². The maximum atomic E-state index is 9.50. The third kappa shape index (κ3) is 4.67. The Morgan fingerprint density at radius 2 is 1.81 bits per heavy atom. The maximum absolute atomic E-state index is 9.50. The molecule has 1 fully saturated rings. The Morgan fingerprint density at radius 1 is 1.24 bits per heavy atom. The summed E-state index contributed by atoms with van der Waals surface area (Å²) >= 11 is 0. The number of rotatable bonds is 8. The summed E-state index contributed by atoms with van der Waals surface area (Å²) in [5, 5.41) is 12.9. The largest absolute Gasteiger partial charge is 0.302 e. The Hall–Kier alpha value is -0.630. The third-order valence-electron chi connectivity index (χ3n) is 5.09. The van der Waals surface area contributed by atoms with Crippen LogP contribution in [-0.2, 0) is 0 Å². The molecule has 0 bridgehead atoms. The van der Waals surface area contributed by atoms with Crippen LogP contribution < -0.4 is 5.32 Å². The molecule has 0 spiro atoms. The first-order valence-electron chi connectivity index (χ1n) is 8.21. The molecule has 1 N–H and O–H groups in total. The number of nitriles is 1. The van der Waals surface area contributed by atoms with E-state index < -0.39 is 5.54 Å². The maximum Gasteiger partial charge on any atom is 0.105 e. The van der Waals surface area contributed by atoms with Crippen LogP contribution in [0.2, 0.25) is 0 Å². The Bertz CT molecular complexity index is 367. The molecule has 0 aliphatic heterocycles. The first kappa shape index (κ1) is 18.4. The molecule has 4 nitrogen and oxygen atoms in total. The molecular formula is C17H34N4. The first-order valence-corrected chi connectivity index (χ1v) is 8.21. The second kappa shape index (κ2) is 7.09. The lowest BCUT2D eigenvalue weighted by atomic mass is 9.75. The zero-order valence-corrected chi connectivity index (χ0v) is 15.0. The minimum absolute atomic E-state index is 0.326. The van der Waals surface area contributed by atoms with Crippen molar-refractivity contribution in [1.29, 1.82) is 5.26 Å². The van der Waals surface area contributed by atoms with Crippen LogP contribution in [-0.4, -0.2) is 60.6 Å². The van der Waals surface area contributed by atoms with Crippen LogP contribution in [0.1, 0.15) is 53.4 Å². The van der Waals surface area contributed by atoms with Gasteiger partial charge in [-0.3, -0.25) is 5.32 Å². The number of hydrogen-bond donors (Lipinski definition) is 1. The molecule has 2 unspecified atom stereocenters. The van der Waals surface area contributed by atoms with Gasteiger partial charge in [-0.2, -0.15) is 5.26 Å². The molecule has 122 valence electrons. The van der Waals surface area contributed by atoms with E-state index >= 15 is 0 Å².